The van der Waals surface area contributed by atoms with Crippen LogP contribution in [-0.2, 0) is 6.54 Å². The lowest BCUT2D eigenvalue weighted by molar-refractivity contribution is 0.0949. The van der Waals surface area contributed by atoms with Crippen LogP contribution in [0.1, 0.15) is 35.7 Å². The van der Waals surface area contributed by atoms with E-state index in [0.717, 1.165) is 18.4 Å². The van der Waals surface area contributed by atoms with Gasteiger partial charge in [0, 0.05) is 21.9 Å². The topological polar surface area (TPSA) is 51.2 Å². The highest BCUT2D eigenvalue weighted by molar-refractivity contribution is 14.1. The van der Waals surface area contributed by atoms with Crippen molar-refractivity contribution < 1.29 is 13.9 Å². The highest BCUT2D eigenvalue weighted by atomic mass is 127. The second-order valence-electron chi connectivity index (χ2n) is 4.98. The van der Waals surface area contributed by atoms with Gasteiger partial charge in [-0.2, -0.15) is 0 Å². The van der Waals surface area contributed by atoms with Crippen molar-refractivity contribution in [2.24, 2.45) is 0 Å². The Morgan fingerprint density at radius 2 is 2.22 bits per heavy atom. The molecule has 0 aliphatic rings. The van der Waals surface area contributed by atoms with Gasteiger partial charge in [0.25, 0.3) is 5.91 Å². The molecule has 0 fully saturated rings. The molecule has 0 aliphatic heterocycles. The summed E-state index contributed by atoms with van der Waals surface area (Å²) in [5.74, 6) is -0.229. The largest absolute Gasteiger partial charge is 0.477 e. The molecule has 4 nitrogen and oxygen atoms in total. The molecule has 1 aromatic heterocycles. The van der Waals surface area contributed by atoms with Crippen LogP contribution < -0.4 is 10.1 Å². The molecular weight excluding hydrogens is 410 g/mol. The standard InChI is InChI=1S/C17H18FIN2O2/c1-2-3-9-23-17-12(5-4-8-20-17)11-21-16(22)14-10-13(18)6-7-15(14)19/h4-8,10H,2-3,9,11H2,1H3,(H,21,22). The Labute approximate surface area is 148 Å². The number of carbonyl (C=O) groups is 1. The minimum absolute atomic E-state index is 0.278. The molecule has 1 heterocycles. The van der Waals surface area contributed by atoms with Crippen LogP contribution in [0, 0.1) is 9.39 Å². The Bertz CT molecular complexity index is 679. The Hall–Kier alpha value is -1.70. The van der Waals surface area contributed by atoms with Crippen LogP contribution in [0.5, 0.6) is 5.88 Å². The Morgan fingerprint density at radius 3 is 3.00 bits per heavy atom. The van der Waals surface area contributed by atoms with Crippen molar-refractivity contribution in [2.45, 2.75) is 26.3 Å². The molecule has 0 unspecified atom stereocenters. The fourth-order valence-corrected chi connectivity index (χ4v) is 2.52. The smallest absolute Gasteiger partial charge is 0.252 e. The minimum Gasteiger partial charge on any atom is -0.477 e. The van der Waals surface area contributed by atoms with Crippen LogP contribution in [0.15, 0.2) is 36.5 Å². The van der Waals surface area contributed by atoms with E-state index in [1.165, 1.54) is 12.1 Å². The van der Waals surface area contributed by atoms with Crippen molar-refractivity contribution in [3.05, 3.63) is 57.0 Å². The van der Waals surface area contributed by atoms with Crippen molar-refractivity contribution in [2.75, 3.05) is 6.61 Å². The second-order valence-corrected chi connectivity index (χ2v) is 6.14. The van der Waals surface area contributed by atoms with Gasteiger partial charge in [0.15, 0.2) is 0 Å². The summed E-state index contributed by atoms with van der Waals surface area (Å²) >= 11 is 2.01. The number of halogens is 2. The highest BCUT2D eigenvalue weighted by Crippen LogP contribution is 2.16. The molecule has 0 radical (unpaired) electrons. The lowest BCUT2D eigenvalue weighted by Gasteiger charge is -2.11. The maximum atomic E-state index is 13.3. The fourth-order valence-electron chi connectivity index (χ4n) is 1.94. The van der Waals surface area contributed by atoms with Crippen LogP contribution in [-0.4, -0.2) is 17.5 Å². The van der Waals surface area contributed by atoms with Crippen LogP contribution in [0.3, 0.4) is 0 Å². The summed E-state index contributed by atoms with van der Waals surface area (Å²) in [5.41, 5.74) is 1.12. The molecule has 0 bridgehead atoms. The lowest BCUT2D eigenvalue weighted by atomic mass is 10.2. The number of nitrogens with zero attached hydrogens (tertiary/aromatic N) is 1. The van der Waals surface area contributed by atoms with Crippen molar-refractivity contribution >= 4 is 28.5 Å². The van der Waals surface area contributed by atoms with E-state index < -0.39 is 5.82 Å². The van der Waals surface area contributed by atoms with Gasteiger partial charge >= 0.3 is 0 Å². The second kappa shape index (κ2) is 8.81. The van der Waals surface area contributed by atoms with Gasteiger partial charge < -0.3 is 10.1 Å². The summed E-state index contributed by atoms with van der Waals surface area (Å²) in [5, 5.41) is 2.78. The van der Waals surface area contributed by atoms with E-state index in [4.69, 9.17) is 4.74 Å². The fraction of sp³-hybridized carbons (Fsp3) is 0.294. The van der Waals surface area contributed by atoms with Crippen LogP contribution >= 0.6 is 22.6 Å². The number of ether oxygens (including phenoxy) is 1. The summed E-state index contributed by atoms with van der Waals surface area (Å²) in [6.45, 7) is 2.96. The third-order valence-corrected chi connectivity index (χ3v) is 4.14. The van der Waals surface area contributed by atoms with Crippen molar-refractivity contribution in [3.63, 3.8) is 0 Å². The summed E-state index contributed by atoms with van der Waals surface area (Å²) in [7, 11) is 0. The van der Waals surface area contributed by atoms with E-state index in [2.05, 4.69) is 17.2 Å². The summed E-state index contributed by atoms with van der Waals surface area (Å²) < 4.78 is 19.6. The van der Waals surface area contributed by atoms with Gasteiger partial charge in [0.1, 0.15) is 5.82 Å². The van der Waals surface area contributed by atoms with Crippen LogP contribution in [0.25, 0.3) is 0 Å². The number of rotatable bonds is 7. The van der Waals surface area contributed by atoms with Gasteiger partial charge in [0.2, 0.25) is 5.88 Å². The molecule has 6 heteroatoms. The van der Waals surface area contributed by atoms with Gasteiger partial charge in [-0.25, -0.2) is 9.37 Å². The Balaban J connectivity index is 2.03. The van der Waals surface area contributed by atoms with Gasteiger partial charge in [-0.1, -0.05) is 19.4 Å². The minimum atomic E-state index is -0.430. The molecular formula is C17H18FIN2O2. The number of benzene rings is 1. The molecule has 0 atom stereocenters. The van der Waals surface area contributed by atoms with E-state index in [1.54, 1.807) is 18.3 Å². The monoisotopic (exact) mass is 428 g/mol. The Morgan fingerprint density at radius 1 is 1.39 bits per heavy atom. The molecule has 0 aliphatic carbocycles. The summed E-state index contributed by atoms with van der Waals surface area (Å²) in [6.07, 6.45) is 3.64. The third-order valence-electron chi connectivity index (χ3n) is 3.20. The average molecular weight is 428 g/mol. The number of pyridine rings is 1. The van der Waals surface area contributed by atoms with Crippen molar-refractivity contribution in [1.82, 2.24) is 10.3 Å². The van der Waals surface area contributed by atoms with Gasteiger partial charge in [-0.05, 0) is 53.3 Å². The number of unbranched alkanes of at least 4 members (excludes halogenated alkanes) is 1. The molecule has 2 aromatic rings. The highest BCUT2D eigenvalue weighted by Gasteiger charge is 2.12. The SMILES string of the molecule is CCCCOc1ncccc1CNC(=O)c1cc(F)ccc1I. The van der Waals surface area contributed by atoms with E-state index in [0.29, 0.717) is 21.6 Å². The van der Waals surface area contributed by atoms with Crippen LogP contribution in [0.4, 0.5) is 4.39 Å². The number of aromatic nitrogens is 1. The van der Waals surface area contributed by atoms with E-state index in [9.17, 15) is 9.18 Å². The van der Waals surface area contributed by atoms with E-state index in [-0.39, 0.29) is 12.5 Å². The first-order chi connectivity index (χ1) is 11.1. The van der Waals surface area contributed by atoms with Gasteiger partial charge in [0.05, 0.1) is 12.2 Å². The molecule has 23 heavy (non-hydrogen) atoms. The quantitative estimate of drug-likeness (QED) is 0.537. The van der Waals surface area contributed by atoms with Crippen molar-refractivity contribution in [3.8, 4) is 5.88 Å². The first-order valence-electron chi connectivity index (χ1n) is 7.41. The predicted octanol–water partition coefficient (Wildman–Crippen LogP) is 3.93. The first kappa shape index (κ1) is 17.7. The Kier molecular flexibility index (Phi) is 6.76. The molecule has 0 spiro atoms. The summed E-state index contributed by atoms with van der Waals surface area (Å²) in [4.78, 5) is 16.4. The number of carbonyl (C=O) groups excluding carboxylic acids is 1. The predicted molar refractivity (Wildman–Crippen MR) is 94.9 cm³/mol. The molecule has 1 N–H and O–H groups in total. The molecule has 2 rings (SSSR count). The molecule has 122 valence electrons. The molecule has 1 aromatic carbocycles. The lowest BCUT2D eigenvalue weighted by Crippen LogP contribution is -2.24. The zero-order valence-electron chi connectivity index (χ0n) is 12.8. The number of nitrogens with one attached hydrogen (secondary N) is 1. The number of hydrogen-bond donors (Lipinski definition) is 1. The maximum Gasteiger partial charge on any atom is 0.252 e. The van der Waals surface area contributed by atoms with Crippen molar-refractivity contribution in [1.29, 1.82) is 0 Å². The third kappa shape index (κ3) is 5.16. The first-order valence-corrected chi connectivity index (χ1v) is 8.49. The van der Waals surface area contributed by atoms with Gasteiger partial charge in [-0.15, -0.1) is 0 Å². The molecule has 0 saturated carbocycles. The number of amides is 1. The summed E-state index contributed by atoms with van der Waals surface area (Å²) in [6, 6.07) is 7.79. The zero-order valence-corrected chi connectivity index (χ0v) is 15.0. The van der Waals surface area contributed by atoms with E-state index >= 15 is 0 Å². The van der Waals surface area contributed by atoms with Gasteiger partial charge in [-0.3, -0.25) is 4.79 Å². The van der Waals surface area contributed by atoms with E-state index in [1.807, 2.05) is 28.7 Å². The average Bonchev–Trinajstić information content (AvgIpc) is 2.56. The zero-order chi connectivity index (χ0) is 16.7. The molecule has 1 amide bonds. The molecule has 0 saturated heterocycles. The maximum absolute atomic E-state index is 13.3. The van der Waals surface area contributed by atoms with Crippen LogP contribution in [0.2, 0.25) is 0 Å². The normalized spacial score (nSPS) is 10.4. The number of hydrogen-bond acceptors (Lipinski definition) is 3.